The standard InChI is InChI=1S/C21H18F3N/c1-15-6-8-16(9-7-15)17-10-12-19(13-11-17)25(2)20-5-3-4-18(14-20)21(22,23)24/h3-14H,1-2H3. The zero-order valence-corrected chi connectivity index (χ0v) is 14.0. The molecule has 0 unspecified atom stereocenters. The molecule has 0 heterocycles. The molecule has 0 amide bonds. The van der Waals surface area contributed by atoms with Gasteiger partial charge in [-0.1, -0.05) is 48.0 Å². The van der Waals surface area contributed by atoms with Crippen LogP contribution in [-0.4, -0.2) is 7.05 Å². The number of alkyl halides is 3. The van der Waals surface area contributed by atoms with E-state index in [1.807, 2.05) is 31.2 Å². The summed E-state index contributed by atoms with van der Waals surface area (Å²) in [7, 11) is 1.76. The lowest BCUT2D eigenvalue weighted by Crippen LogP contribution is -2.11. The summed E-state index contributed by atoms with van der Waals surface area (Å²) >= 11 is 0. The molecule has 0 aliphatic rings. The van der Waals surface area contributed by atoms with Crippen LogP contribution in [-0.2, 0) is 6.18 Å². The van der Waals surface area contributed by atoms with Gasteiger partial charge in [0.15, 0.2) is 0 Å². The van der Waals surface area contributed by atoms with E-state index in [1.165, 1.54) is 11.6 Å². The fourth-order valence-corrected chi connectivity index (χ4v) is 2.66. The first-order valence-corrected chi connectivity index (χ1v) is 7.93. The molecule has 0 aromatic heterocycles. The Morgan fingerprint density at radius 3 is 1.84 bits per heavy atom. The van der Waals surface area contributed by atoms with Gasteiger partial charge in [-0.25, -0.2) is 0 Å². The van der Waals surface area contributed by atoms with Crippen molar-refractivity contribution in [2.45, 2.75) is 13.1 Å². The lowest BCUT2D eigenvalue weighted by Gasteiger charge is -2.21. The zero-order valence-electron chi connectivity index (χ0n) is 14.0. The van der Waals surface area contributed by atoms with Crippen LogP contribution in [0, 0.1) is 6.92 Å². The molecule has 3 rings (SSSR count). The van der Waals surface area contributed by atoms with Crippen LogP contribution in [0.15, 0.2) is 72.8 Å². The summed E-state index contributed by atoms with van der Waals surface area (Å²) in [6.07, 6.45) is -4.34. The molecule has 3 aromatic carbocycles. The summed E-state index contributed by atoms with van der Waals surface area (Å²) in [5.41, 5.74) is 4.06. The van der Waals surface area contributed by atoms with E-state index in [4.69, 9.17) is 0 Å². The van der Waals surface area contributed by atoms with E-state index in [1.54, 1.807) is 18.0 Å². The molecule has 1 nitrogen and oxygen atoms in total. The molecular weight excluding hydrogens is 323 g/mol. The Bertz CT molecular complexity index is 850. The highest BCUT2D eigenvalue weighted by atomic mass is 19.4. The maximum absolute atomic E-state index is 12.9. The third-order valence-corrected chi connectivity index (χ3v) is 4.20. The number of anilines is 2. The van der Waals surface area contributed by atoms with Crippen LogP contribution in [0.1, 0.15) is 11.1 Å². The summed E-state index contributed by atoms with van der Waals surface area (Å²) in [5, 5.41) is 0. The largest absolute Gasteiger partial charge is 0.416 e. The second-order valence-electron chi connectivity index (χ2n) is 6.02. The maximum atomic E-state index is 12.9. The minimum Gasteiger partial charge on any atom is -0.345 e. The van der Waals surface area contributed by atoms with Gasteiger partial charge in [-0.3, -0.25) is 0 Å². The average molecular weight is 341 g/mol. The second kappa shape index (κ2) is 6.63. The van der Waals surface area contributed by atoms with Gasteiger partial charge in [-0.2, -0.15) is 13.2 Å². The van der Waals surface area contributed by atoms with Crippen LogP contribution in [0.5, 0.6) is 0 Å². The van der Waals surface area contributed by atoms with Crippen LogP contribution in [0.25, 0.3) is 11.1 Å². The first kappa shape index (κ1) is 17.1. The van der Waals surface area contributed by atoms with Crippen LogP contribution < -0.4 is 4.90 Å². The summed E-state index contributed by atoms with van der Waals surface area (Å²) in [4.78, 5) is 1.74. The SMILES string of the molecule is Cc1ccc(-c2ccc(N(C)c3cccc(C(F)(F)F)c3)cc2)cc1. The molecule has 0 saturated heterocycles. The van der Waals surface area contributed by atoms with E-state index in [0.29, 0.717) is 5.69 Å². The maximum Gasteiger partial charge on any atom is 0.416 e. The average Bonchev–Trinajstić information content (AvgIpc) is 2.61. The zero-order chi connectivity index (χ0) is 18.0. The van der Waals surface area contributed by atoms with Gasteiger partial charge in [0.25, 0.3) is 0 Å². The van der Waals surface area contributed by atoms with Crippen molar-refractivity contribution in [3.63, 3.8) is 0 Å². The molecule has 4 heteroatoms. The predicted molar refractivity (Wildman–Crippen MR) is 96.1 cm³/mol. The van der Waals surface area contributed by atoms with Crippen LogP contribution in [0.2, 0.25) is 0 Å². The van der Waals surface area contributed by atoms with Crippen molar-refractivity contribution in [3.05, 3.63) is 83.9 Å². The number of aryl methyl sites for hydroxylation is 1. The first-order chi connectivity index (χ1) is 11.8. The number of nitrogens with zero attached hydrogens (tertiary/aromatic N) is 1. The fourth-order valence-electron chi connectivity index (χ4n) is 2.66. The van der Waals surface area contributed by atoms with Gasteiger partial charge >= 0.3 is 6.18 Å². The Kier molecular flexibility index (Phi) is 4.53. The monoisotopic (exact) mass is 341 g/mol. The number of hydrogen-bond donors (Lipinski definition) is 0. The Labute approximate surface area is 145 Å². The fraction of sp³-hybridized carbons (Fsp3) is 0.143. The molecule has 0 spiro atoms. The first-order valence-electron chi connectivity index (χ1n) is 7.93. The number of benzene rings is 3. The highest BCUT2D eigenvalue weighted by molar-refractivity contribution is 5.69. The molecular formula is C21H18F3N. The molecule has 0 saturated carbocycles. The third-order valence-electron chi connectivity index (χ3n) is 4.20. The summed E-state index contributed by atoms with van der Waals surface area (Å²) in [5.74, 6) is 0. The smallest absolute Gasteiger partial charge is 0.345 e. The van der Waals surface area contributed by atoms with Crippen molar-refractivity contribution >= 4 is 11.4 Å². The molecule has 0 aliphatic heterocycles. The Morgan fingerprint density at radius 1 is 0.720 bits per heavy atom. The van der Waals surface area contributed by atoms with Crippen molar-refractivity contribution in [2.24, 2.45) is 0 Å². The van der Waals surface area contributed by atoms with Gasteiger partial charge in [0.2, 0.25) is 0 Å². The van der Waals surface area contributed by atoms with E-state index in [0.717, 1.165) is 28.9 Å². The number of hydrogen-bond acceptors (Lipinski definition) is 1. The van der Waals surface area contributed by atoms with Gasteiger partial charge in [-0.15, -0.1) is 0 Å². The molecule has 128 valence electrons. The third kappa shape index (κ3) is 3.85. The highest BCUT2D eigenvalue weighted by Crippen LogP contribution is 2.33. The highest BCUT2D eigenvalue weighted by Gasteiger charge is 2.30. The Hall–Kier alpha value is -2.75. The van der Waals surface area contributed by atoms with Crippen molar-refractivity contribution < 1.29 is 13.2 Å². The molecule has 0 N–H and O–H groups in total. The van der Waals surface area contributed by atoms with Gasteiger partial charge in [-0.05, 0) is 48.4 Å². The van der Waals surface area contributed by atoms with E-state index >= 15 is 0 Å². The molecule has 3 aromatic rings. The van der Waals surface area contributed by atoms with Crippen LogP contribution >= 0.6 is 0 Å². The minimum absolute atomic E-state index is 0.498. The summed E-state index contributed by atoms with van der Waals surface area (Å²) < 4.78 is 38.7. The molecule has 25 heavy (non-hydrogen) atoms. The van der Waals surface area contributed by atoms with Gasteiger partial charge in [0.05, 0.1) is 5.56 Å². The summed E-state index contributed by atoms with van der Waals surface area (Å²) in [6.45, 7) is 2.04. The summed E-state index contributed by atoms with van der Waals surface area (Å²) in [6, 6.07) is 21.3. The molecule has 0 fully saturated rings. The van der Waals surface area contributed by atoms with Crippen LogP contribution in [0.4, 0.5) is 24.5 Å². The van der Waals surface area contributed by atoms with Crippen molar-refractivity contribution in [1.29, 1.82) is 0 Å². The molecule has 0 atom stereocenters. The predicted octanol–water partition coefficient (Wildman–Crippen LogP) is 6.45. The Morgan fingerprint density at radius 2 is 1.28 bits per heavy atom. The molecule has 0 bridgehead atoms. The minimum atomic E-state index is -4.34. The van der Waals surface area contributed by atoms with E-state index < -0.39 is 11.7 Å². The van der Waals surface area contributed by atoms with Gasteiger partial charge in [0.1, 0.15) is 0 Å². The normalized spacial score (nSPS) is 11.4. The van der Waals surface area contributed by atoms with E-state index in [2.05, 4.69) is 24.3 Å². The lowest BCUT2D eigenvalue weighted by atomic mass is 10.0. The van der Waals surface area contributed by atoms with Crippen molar-refractivity contribution in [2.75, 3.05) is 11.9 Å². The lowest BCUT2D eigenvalue weighted by molar-refractivity contribution is -0.137. The number of halogens is 3. The molecule has 0 aliphatic carbocycles. The number of rotatable bonds is 3. The van der Waals surface area contributed by atoms with Crippen molar-refractivity contribution in [1.82, 2.24) is 0 Å². The topological polar surface area (TPSA) is 3.24 Å². The van der Waals surface area contributed by atoms with E-state index in [9.17, 15) is 13.2 Å². The second-order valence-corrected chi connectivity index (χ2v) is 6.02. The van der Waals surface area contributed by atoms with E-state index in [-0.39, 0.29) is 0 Å². The molecule has 0 radical (unpaired) electrons. The van der Waals surface area contributed by atoms with Gasteiger partial charge in [0, 0.05) is 18.4 Å². The Balaban J connectivity index is 1.86. The van der Waals surface area contributed by atoms with Gasteiger partial charge < -0.3 is 4.90 Å². The quantitative estimate of drug-likeness (QED) is 0.529. The van der Waals surface area contributed by atoms with Crippen LogP contribution in [0.3, 0.4) is 0 Å². The van der Waals surface area contributed by atoms with Crippen molar-refractivity contribution in [3.8, 4) is 11.1 Å².